The molecule has 1 aromatic carbocycles. The molecule has 124 valence electrons. The van der Waals surface area contributed by atoms with Crippen molar-refractivity contribution in [3.8, 4) is 0 Å². The monoisotopic (exact) mass is 326 g/mol. The third-order valence-corrected chi connectivity index (χ3v) is 5.79. The van der Waals surface area contributed by atoms with Gasteiger partial charge in [-0.2, -0.15) is 0 Å². The maximum Gasteiger partial charge on any atom is 0.179 e. The summed E-state index contributed by atoms with van der Waals surface area (Å²) in [4.78, 5) is 2.67. The van der Waals surface area contributed by atoms with E-state index >= 15 is 0 Å². The molecule has 1 fully saturated rings. The SMILES string of the molecule is Cc1ccc(C)c(S(=O)(=O)CCNCC2CN(C)CCO2)c1. The van der Waals surface area contributed by atoms with E-state index in [4.69, 9.17) is 4.74 Å². The summed E-state index contributed by atoms with van der Waals surface area (Å²) in [6.45, 7) is 7.46. The number of benzene rings is 1. The first-order valence-electron chi connectivity index (χ1n) is 7.69. The highest BCUT2D eigenvalue weighted by atomic mass is 32.2. The van der Waals surface area contributed by atoms with Gasteiger partial charge < -0.3 is 15.0 Å². The number of hydrogen-bond acceptors (Lipinski definition) is 5. The second-order valence-electron chi connectivity index (χ2n) is 6.05. The second kappa shape index (κ2) is 7.55. The molecule has 1 atom stereocenters. The van der Waals surface area contributed by atoms with Crippen LogP contribution < -0.4 is 5.32 Å². The first-order valence-corrected chi connectivity index (χ1v) is 9.34. The number of likely N-dealkylation sites (N-methyl/N-ethyl adjacent to an activating group) is 1. The van der Waals surface area contributed by atoms with Crippen LogP contribution in [0.15, 0.2) is 23.1 Å². The summed E-state index contributed by atoms with van der Waals surface area (Å²) in [6.07, 6.45) is 0.141. The van der Waals surface area contributed by atoms with Gasteiger partial charge in [0.25, 0.3) is 0 Å². The van der Waals surface area contributed by atoms with E-state index < -0.39 is 9.84 Å². The molecule has 0 amide bonds. The highest BCUT2D eigenvalue weighted by Crippen LogP contribution is 2.17. The molecule has 1 aromatic rings. The smallest absolute Gasteiger partial charge is 0.179 e. The number of hydrogen-bond donors (Lipinski definition) is 1. The van der Waals surface area contributed by atoms with Crippen molar-refractivity contribution < 1.29 is 13.2 Å². The Morgan fingerprint density at radius 1 is 1.36 bits per heavy atom. The Morgan fingerprint density at radius 3 is 2.86 bits per heavy atom. The van der Waals surface area contributed by atoms with E-state index in [2.05, 4.69) is 17.3 Å². The molecule has 1 aliphatic rings. The molecule has 6 heteroatoms. The molecular formula is C16H26N2O3S. The van der Waals surface area contributed by atoms with Crippen molar-refractivity contribution in [2.45, 2.75) is 24.8 Å². The van der Waals surface area contributed by atoms with Crippen LogP contribution in [0.4, 0.5) is 0 Å². The highest BCUT2D eigenvalue weighted by Gasteiger charge is 2.19. The molecule has 1 N–H and O–H groups in total. The molecule has 2 rings (SSSR count). The van der Waals surface area contributed by atoms with Gasteiger partial charge in [-0.25, -0.2) is 8.42 Å². The summed E-state index contributed by atoms with van der Waals surface area (Å²) in [5, 5.41) is 3.20. The van der Waals surface area contributed by atoms with E-state index in [0.29, 0.717) is 18.0 Å². The van der Waals surface area contributed by atoms with Crippen molar-refractivity contribution in [3.63, 3.8) is 0 Å². The van der Waals surface area contributed by atoms with Crippen molar-refractivity contribution in [1.29, 1.82) is 0 Å². The lowest BCUT2D eigenvalue weighted by Crippen LogP contribution is -2.45. The predicted molar refractivity (Wildman–Crippen MR) is 88.1 cm³/mol. The quantitative estimate of drug-likeness (QED) is 0.790. The highest BCUT2D eigenvalue weighted by molar-refractivity contribution is 7.91. The molecule has 5 nitrogen and oxygen atoms in total. The molecule has 0 spiro atoms. The first kappa shape index (κ1) is 17.4. The van der Waals surface area contributed by atoms with Gasteiger partial charge in [0.05, 0.1) is 23.4 Å². The Morgan fingerprint density at radius 2 is 2.14 bits per heavy atom. The Labute approximate surface area is 133 Å². The molecule has 0 bridgehead atoms. The first-order chi connectivity index (χ1) is 10.4. The van der Waals surface area contributed by atoms with Crippen LogP contribution in [0.2, 0.25) is 0 Å². The number of sulfone groups is 1. The minimum Gasteiger partial charge on any atom is -0.374 e. The zero-order valence-electron chi connectivity index (χ0n) is 13.6. The van der Waals surface area contributed by atoms with Crippen LogP contribution in [-0.2, 0) is 14.6 Å². The van der Waals surface area contributed by atoms with Crippen molar-refractivity contribution >= 4 is 9.84 Å². The Bertz CT molecular complexity index is 601. The van der Waals surface area contributed by atoms with Crippen LogP contribution in [0.3, 0.4) is 0 Å². The standard InChI is InChI=1S/C16H26N2O3S/c1-13-4-5-14(2)16(10-13)22(19,20)9-6-17-11-15-12-18(3)7-8-21-15/h4-5,10,15,17H,6-9,11-12H2,1-3H3. The average molecular weight is 326 g/mol. The predicted octanol–water partition coefficient (Wildman–Crippen LogP) is 0.997. The lowest BCUT2D eigenvalue weighted by molar-refractivity contribution is -0.0178. The van der Waals surface area contributed by atoms with Crippen molar-refractivity contribution in [2.24, 2.45) is 0 Å². The molecule has 0 aromatic heterocycles. The number of morpholine rings is 1. The fourth-order valence-electron chi connectivity index (χ4n) is 2.61. The van der Waals surface area contributed by atoms with Crippen LogP contribution >= 0.6 is 0 Å². The van der Waals surface area contributed by atoms with Crippen molar-refractivity contribution in [1.82, 2.24) is 10.2 Å². The Hall–Kier alpha value is -0.950. The van der Waals surface area contributed by atoms with Gasteiger partial charge >= 0.3 is 0 Å². The lowest BCUT2D eigenvalue weighted by Gasteiger charge is -2.30. The molecule has 1 heterocycles. The largest absolute Gasteiger partial charge is 0.374 e. The van der Waals surface area contributed by atoms with Crippen LogP contribution in [0, 0.1) is 13.8 Å². The normalized spacial score (nSPS) is 20.2. The molecule has 0 aliphatic carbocycles. The fraction of sp³-hybridized carbons (Fsp3) is 0.625. The third kappa shape index (κ3) is 4.78. The summed E-state index contributed by atoms with van der Waals surface area (Å²) in [5.74, 6) is 0.111. The lowest BCUT2D eigenvalue weighted by atomic mass is 10.2. The van der Waals surface area contributed by atoms with Crippen LogP contribution in [0.25, 0.3) is 0 Å². The van der Waals surface area contributed by atoms with Gasteiger partial charge in [-0.1, -0.05) is 12.1 Å². The van der Waals surface area contributed by atoms with E-state index in [9.17, 15) is 8.42 Å². The summed E-state index contributed by atoms with van der Waals surface area (Å²) in [6, 6.07) is 5.55. The summed E-state index contributed by atoms with van der Waals surface area (Å²) in [7, 11) is -1.17. The second-order valence-corrected chi connectivity index (χ2v) is 8.12. The van der Waals surface area contributed by atoms with Gasteiger partial charge in [0, 0.05) is 26.2 Å². The number of ether oxygens (including phenoxy) is 1. The van der Waals surface area contributed by atoms with Gasteiger partial charge in [0.2, 0.25) is 0 Å². The maximum atomic E-state index is 12.4. The van der Waals surface area contributed by atoms with Crippen LogP contribution in [0.5, 0.6) is 0 Å². The minimum atomic E-state index is -3.24. The zero-order chi connectivity index (χ0) is 16.2. The van der Waals surface area contributed by atoms with Crippen molar-refractivity contribution in [3.05, 3.63) is 29.3 Å². The van der Waals surface area contributed by atoms with Gasteiger partial charge in [0.15, 0.2) is 9.84 Å². The minimum absolute atomic E-state index is 0.111. The molecule has 1 aliphatic heterocycles. The summed E-state index contributed by atoms with van der Waals surface area (Å²) >= 11 is 0. The molecule has 0 saturated carbocycles. The van der Waals surface area contributed by atoms with E-state index in [1.54, 1.807) is 6.07 Å². The Balaban J connectivity index is 1.84. The van der Waals surface area contributed by atoms with Crippen LogP contribution in [0.1, 0.15) is 11.1 Å². The number of nitrogens with one attached hydrogen (secondary N) is 1. The van der Waals surface area contributed by atoms with Gasteiger partial charge in [0.1, 0.15) is 0 Å². The molecular weight excluding hydrogens is 300 g/mol. The Kier molecular flexibility index (Phi) is 5.97. The van der Waals surface area contributed by atoms with Crippen molar-refractivity contribution in [2.75, 3.05) is 45.6 Å². The average Bonchev–Trinajstić information content (AvgIpc) is 2.46. The number of nitrogens with zero attached hydrogens (tertiary/aromatic N) is 1. The maximum absolute atomic E-state index is 12.4. The third-order valence-electron chi connectivity index (χ3n) is 3.94. The van der Waals surface area contributed by atoms with Gasteiger partial charge in [-0.3, -0.25) is 0 Å². The van der Waals surface area contributed by atoms with E-state index in [0.717, 1.165) is 30.8 Å². The zero-order valence-corrected chi connectivity index (χ0v) is 14.4. The molecule has 22 heavy (non-hydrogen) atoms. The van der Waals surface area contributed by atoms with Gasteiger partial charge in [-0.05, 0) is 38.1 Å². The van der Waals surface area contributed by atoms with E-state index in [1.165, 1.54) is 0 Å². The van der Waals surface area contributed by atoms with Crippen LogP contribution in [-0.4, -0.2) is 65.0 Å². The summed E-state index contributed by atoms with van der Waals surface area (Å²) in [5.41, 5.74) is 1.78. The molecule has 0 radical (unpaired) electrons. The fourth-order valence-corrected chi connectivity index (χ4v) is 4.17. The van der Waals surface area contributed by atoms with E-state index in [1.807, 2.05) is 26.0 Å². The van der Waals surface area contributed by atoms with Gasteiger partial charge in [-0.15, -0.1) is 0 Å². The topological polar surface area (TPSA) is 58.6 Å². The molecule has 1 saturated heterocycles. The number of aryl methyl sites for hydroxylation is 2. The molecule has 1 unspecified atom stereocenters. The number of rotatable bonds is 6. The summed E-state index contributed by atoms with van der Waals surface area (Å²) < 4.78 is 30.5. The van der Waals surface area contributed by atoms with E-state index in [-0.39, 0.29) is 11.9 Å².